The van der Waals surface area contributed by atoms with Crippen LogP contribution in [0, 0.1) is 5.92 Å². The average molecular weight is 214 g/mol. The normalized spacial score (nSPS) is 28.7. The van der Waals surface area contributed by atoms with Crippen LogP contribution in [0.4, 0.5) is 0 Å². The van der Waals surface area contributed by atoms with E-state index in [9.17, 15) is 4.79 Å². The van der Waals surface area contributed by atoms with Gasteiger partial charge in [-0.1, -0.05) is 30.3 Å². The summed E-state index contributed by atoms with van der Waals surface area (Å²) < 4.78 is 5.61. The van der Waals surface area contributed by atoms with Crippen LogP contribution < -0.4 is 0 Å². The number of allylic oxidation sites excluding steroid dienone is 1. The van der Waals surface area contributed by atoms with E-state index < -0.39 is 0 Å². The molecular weight excluding hydrogens is 200 g/mol. The zero-order valence-electron chi connectivity index (χ0n) is 9.27. The van der Waals surface area contributed by atoms with E-state index in [1.165, 1.54) is 5.57 Å². The Bertz CT molecular complexity index is 459. The zero-order valence-corrected chi connectivity index (χ0v) is 9.27. The van der Waals surface area contributed by atoms with Gasteiger partial charge >= 0.3 is 0 Å². The van der Waals surface area contributed by atoms with Crippen LogP contribution in [-0.4, -0.2) is 18.5 Å². The van der Waals surface area contributed by atoms with Crippen LogP contribution >= 0.6 is 0 Å². The van der Waals surface area contributed by atoms with Gasteiger partial charge in [0.2, 0.25) is 0 Å². The predicted molar refractivity (Wildman–Crippen MR) is 61.9 cm³/mol. The largest absolute Gasteiger partial charge is 0.373 e. The minimum absolute atomic E-state index is 0.103. The van der Waals surface area contributed by atoms with E-state index in [1.807, 2.05) is 37.3 Å². The number of hydrogen-bond acceptors (Lipinski definition) is 2. The van der Waals surface area contributed by atoms with Gasteiger partial charge in [0.05, 0.1) is 12.7 Å². The molecule has 0 saturated carbocycles. The molecule has 82 valence electrons. The Morgan fingerprint density at radius 2 is 2.00 bits per heavy atom. The molecule has 3 rings (SSSR count). The maximum absolute atomic E-state index is 12.0. The molecule has 1 aromatic rings. The Kier molecular flexibility index (Phi) is 2.18. The highest BCUT2D eigenvalue weighted by molar-refractivity contribution is 6.24. The summed E-state index contributed by atoms with van der Waals surface area (Å²) in [6, 6.07) is 9.94. The summed E-state index contributed by atoms with van der Waals surface area (Å²) in [4.78, 5) is 12.0. The van der Waals surface area contributed by atoms with Gasteiger partial charge in [0.25, 0.3) is 0 Å². The third kappa shape index (κ3) is 1.34. The second-order valence-electron chi connectivity index (χ2n) is 4.50. The molecule has 0 bridgehead atoms. The van der Waals surface area contributed by atoms with E-state index in [0.717, 1.165) is 11.1 Å². The van der Waals surface area contributed by atoms with Crippen LogP contribution in [0.1, 0.15) is 18.9 Å². The fraction of sp³-hybridized carbons (Fsp3) is 0.357. The van der Waals surface area contributed by atoms with Crippen molar-refractivity contribution in [2.45, 2.75) is 19.4 Å². The molecule has 0 amide bonds. The van der Waals surface area contributed by atoms with Gasteiger partial charge in [0.15, 0.2) is 5.78 Å². The maximum atomic E-state index is 12.0. The summed E-state index contributed by atoms with van der Waals surface area (Å²) >= 11 is 0. The van der Waals surface area contributed by atoms with Crippen molar-refractivity contribution in [3.63, 3.8) is 0 Å². The molecule has 1 heterocycles. The van der Waals surface area contributed by atoms with E-state index >= 15 is 0 Å². The SMILES string of the molecule is C[C@@H]1OC[C@H]2CC(=O)C(c3ccccc3)=C21. The van der Waals surface area contributed by atoms with Gasteiger partial charge in [-0.25, -0.2) is 0 Å². The summed E-state index contributed by atoms with van der Waals surface area (Å²) in [5, 5.41) is 0. The highest BCUT2D eigenvalue weighted by atomic mass is 16.5. The van der Waals surface area contributed by atoms with Crippen LogP contribution in [0.2, 0.25) is 0 Å². The van der Waals surface area contributed by atoms with Crippen LogP contribution in [0.5, 0.6) is 0 Å². The molecular formula is C14H14O2. The highest BCUT2D eigenvalue weighted by Crippen LogP contribution is 2.42. The molecule has 16 heavy (non-hydrogen) atoms. The van der Waals surface area contributed by atoms with E-state index in [0.29, 0.717) is 18.9 Å². The average Bonchev–Trinajstić information content (AvgIpc) is 2.80. The Hall–Kier alpha value is -1.41. The third-order valence-electron chi connectivity index (χ3n) is 3.49. The second-order valence-corrected chi connectivity index (χ2v) is 4.50. The Morgan fingerprint density at radius 3 is 2.75 bits per heavy atom. The third-order valence-corrected chi connectivity index (χ3v) is 3.49. The van der Waals surface area contributed by atoms with E-state index in [2.05, 4.69) is 0 Å². The molecule has 0 unspecified atom stereocenters. The van der Waals surface area contributed by atoms with Crippen molar-refractivity contribution in [3.05, 3.63) is 41.5 Å². The summed E-state index contributed by atoms with van der Waals surface area (Å²) in [6.45, 7) is 2.75. The number of carbonyl (C=O) groups excluding carboxylic acids is 1. The Labute approximate surface area is 94.9 Å². The number of benzene rings is 1. The van der Waals surface area contributed by atoms with E-state index in [-0.39, 0.29) is 11.9 Å². The molecule has 2 heteroatoms. The molecule has 2 nitrogen and oxygen atoms in total. The zero-order chi connectivity index (χ0) is 11.1. The van der Waals surface area contributed by atoms with E-state index in [1.54, 1.807) is 0 Å². The lowest BCUT2D eigenvalue weighted by atomic mass is 9.97. The lowest BCUT2D eigenvalue weighted by Crippen LogP contribution is -2.05. The number of hydrogen-bond donors (Lipinski definition) is 0. The van der Waals surface area contributed by atoms with E-state index in [4.69, 9.17) is 4.74 Å². The van der Waals surface area contributed by atoms with Gasteiger partial charge in [-0.15, -0.1) is 0 Å². The van der Waals surface area contributed by atoms with Crippen molar-refractivity contribution in [2.75, 3.05) is 6.61 Å². The van der Waals surface area contributed by atoms with Crippen molar-refractivity contribution in [1.82, 2.24) is 0 Å². The minimum atomic E-state index is 0.103. The van der Waals surface area contributed by atoms with Crippen LogP contribution in [0.15, 0.2) is 35.9 Å². The molecule has 1 fully saturated rings. The first kappa shape index (κ1) is 9.79. The van der Waals surface area contributed by atoms with Crippen molar-refractivity contribution < 1.29 is 9.53 Å². The van der Waals surface area contributed by atoms with Crippen molar-refractivity contribution in [1.29, 1.82) is 0 Å². The molecule has 0 N–H and O–H groups in total. The maximum Gasteiger partial charge on any atom is 0.164 e. The quantitative estimate of drug-likeness (QED) is 0.717. The van der Waals surface area contributed by atoms with Gasteiger partial charge in [-0.3, -0.25) is 4.79 Å². The molecule has 1 saturated heterocycles. The molecule has 2 aliphatic rings. The first-order chi connectivity index (χ1) is 7.77. The Balaban J connectivity index is 2.14. The standard InChI is InChI=1S/C14H14O2/c1-9-13-11(8-16-9)7-12(15)14(13)10-5-3-2-4-6-10/h2-6,9,11H,7-8H2,1H3/t9-,11+/m0/s1. The lowest BCUT2D eigenvalue weighted by molar-refractivity contribution is -0.113. The number of fused-ring (bicyclic) bond motifs is 1. The number of carbonyl (C=O) groups is 1. The molecule has 2 atom stereocenters. The second kappa shape index (κ2) is 3.56. The van der Waals surface area contributed by atoms with Gasteiger partial charge in [0, 0.05) is 17.9 Å². The molecule has 1 aliphatic carbocycles. The first-order valence-corrected chi connectivity index (χ1v) is 5.71. The van der Waals surface area contributed by atoms with Crippen molar-refractivity contribution in [3.8, 4) is 0 Å². The molecule has 0 radical (unpaired) electrons. The molecule has 0 aromatic heterocycles. The monoisotopic (exact) mass is 214 g/mol. The minimum Gasteiger partial charge on any atom is -0.373 e. The number of rotatable bonds is 1. The van der Waals surface area contributed by atoms with Gasteiger partial charge in [-0.2, -0.15) is 0 Å². The van der Waals surface area contributed by atoms with Gasteiger partial charge < -0.3 is 4.74 Å². The Morgan fingerprint density at radius 1 is 1.25 bits per heavy atom. The van der Waals surface area contributed by atoms with Gasteiger partial charge in [0.1, 0.15) is 0 Å². The fourth-order valence-electron chi connectivity index (χ4n) is 2.77. The summed E-state index contributed by atoms with van der Waals surface area (Å²) in [5.74, 6) is 0.610. The van der Waals surface area contributed by atoms with Crippen molar-refractivity contribution >= 4 is 11.4 Å². The summed E-state index contributed by atoms with van der Waals surface area (Å²) in [6.07, 6.45) is 0.732. The summed E-state index contributed by atoms with van der Waals surface area (Å²) in [7, 11) is 0. The first-order valence-electron chi connectivity index (χ1n) is 5.71. The lowest BCUT2D eigenvalue weighted by Gasteiger charge is -2.08. The van der Waals surface area contributed by atoms with Gasteiger partial charge in [-0.05, 0) is 18.1 Å². The van der Waals surface area contributed by atoms with Crippen molar-refractivity contribution in [2.24, 2.45) is 5.92 Å². The van der Waals surface area contributed by atoms with Crippen LogP contribution in [-0.2, 0) is 9.53 Å². The predicted octanol–water partition coefficient (Wildman–Crippen LogP) is 2.45. The smallest absolute Gasteiger partial charge is 0.164 e. The molecule has 1 aromatic carbocycles. The number of ketones is 1. The topological polar surface area (TPSA) is 26.3 Å². The number of ether oxygens (including phenoxy) is 1. The van der Waals surface area contributed by atoms with Crippen LogP contribution in [0.3, 0.4) is 0 Å². The number of Topliss-reactive ketones (excluding diaryl/α,β-unsaturated/α-hetero) is 1. The molecule has 1 aliphatic heterocycles. The fourth-order valence-corrected chi connectivity index (χ4v) is 2.77. The highest BCUT2D eigenvalue weighted by Gasteiger charge is 2.40. The molecule has 0 spiro atoms. The van der Waals surface area contributed by atoms with Crippen LogP contribution in [0.25, 0.3) is 5.57 Å². The summed E-state index contributed by atoms with van der Waals surface area (Å²) in [5.41, 5.74) is 3.18.